The molecule has 0 spiro atoms. The molecule has 3 rings (SSSR count). The fourth-order valence-corrected chi connectivity index (χ4v) is 4.32. The maximum atomic E-state index is 13.6. The van der Waals surface area contributed by atoms with Gasteiger partial charge in [-0.05, 0) is 42.7 Å². The molecule has 0 saturated carbocycles. The van der Waals surface area contributed by atoms with Crippen molar-refractivity contribution in [2.24, 2.45) is 0 Å². The van der Waals surface area contributed by atoms with Crippen LogP contribution in [0.1, 0.15) is 31.4 Å². The quantitative estimate of drug-likeness (QED) is 0.313. The summed E-state index contributed by atoms with van der Waals surface area (Å²) in [5.74, 6) is -0.0752. The summed E-state index contributed by atoms with van der Waals surface area (Å²) in [4.78, 5) is 28.6. The predicted molar refractivity (Wildman–Crippen MR) is 143 cm³/mol. The molecule has 2 amide bonds. The van der Waals surface area contributed by atoms with Gasteiger partial charge in [0.25, 0.3) is 5.91 Å². The first-order valence-corrected chi connectivity index (χ1v) is 12.8. The van der Waals surface area contributed by atoms with Gasteiger partial charge in [0.05, 0.1) is 5.02 Å². The Morgan fingerprint density at radius 3 is 2.23 bits per heavy atom. The molecular weight excluding hydrogens is 528 g/mol. The first-order chi connectivity index (χ1) is 16.9. The lowest BCUT2D eigenvalue weighted by Gasteiger charge is -2.32. The van der Waals surface area contributed by atoms with Gasteiger partial charge in [0, 0.05) is 23.5 Å². The van der Waals surface area contributed by atoms with E-state index in [1.165, 1.54) is 0 Å². The largest absolute Gasteiger partial charge is 0.482 e. The molecule has 0 aromatic heterocycles. The molecule has 3 aromatic carbocycles. The van der Waals surface area contributed by atoms with E-state index in [0.717, 1.165) is 22.0 Å². The van der Waals surface area contributed by atoms with E-state index < -0.39 is 6.04 Å². The van der Waals surface area contributed by atoms with E-state index >= 15 is 0 Å². The van der Waals surface area contributed by atoms with Crippen LogP contribution in [-0.2, 0) is 22.6 Å². The molecule has 0 fully saturated rings. The minimum Gasteiger partial charge on any atom is -0.482 e. The molecule has 7 heteroatoms. The van der Waals surface area contributed by atoms with Crippen molar-refractivity contribution in [3.05, 3.63) is 99.5 Å². The lowest BCUT2D eigenvalue weighted by Crippen LogP contribution is -2.53. The van der Waals surface area contributed by atoms with Crippen molar-refractivity contribution in [2.75, 3.05) is 6.61 Å². The van der Waals surface area contributed by atoms with Crippen molar-refractivity contribution in [3.63, 3.8) is 0 Å². The Kier molecular flexibility index (Phi) is 10.2. The van der Waals surface area contributed by atoms with Crippen LogP contribution in [0.5, 0.6) is 5.75 Å². The van der Waals surface area contributed by atoms with E-state index in [4.69, 9.17) is 16.3 Å². The molecule has 2 atom stereocenters. The van der Waals surface area contributed by atoms with Gasteiger partial charge < -0.3 is 15.0 Å². The van der Waals surface area contributed by atoms with E-state index in [1.54, 1.807) is 23.1 Å². The second-order valence-corrected chi connectivity index (χ2v) is 9.72. The first-order valence-electron chi connectivity index (χ1n) is 11.6. The molecule has 184 valence electrons. The van der Waals surface area contributed by atoms with Crippen LogP contribution in [-0.4, -0.2) is 35.4 Å². The van der Waals surface area contributed by atoms with Gasteiger partial charge in [-0.25, -0.2) is 0 Å². The van der Waals surface area contributed by atoms with Crippen LogP contribution < -0.4 is 10.1 Å². The van der Waals surface area contributed by atoms with Crippen LogP contribution in [0.15, 0.2) is 83.3 Å². The minimum absolute atomic E-state index is 0.00715. The fraction of sp³-hybridized carbons (Fsp3) is 0.286. The number of carbonyl (C=O) groups excluding carboxylic acids is 2. The molecule has 0 radical (unpaired) electrons. The third-order valence-corrected chi connectivity index (χ3v) is 6.50. The maximum absolute atomic E-state index is 13.6. The van der Waals surface area contributed by atoms with Gasteiger partial charge in [0.2, 0.25) is 5.91 Å². The number of hydrogen-bond acceptors (Lipinski definition) is 3. The molecule has 0 aliphatic rings. The van der Waals surface area contributed by atoms with Crippen molar-refractivity contribution in [2.45, 2.75) is 45.3 Å². The van der Waals surface area contributed by atoms with E-state index in [-0.39, 0.29) is 31.0 Å². The van der Waals surface area contributed by atoms with Crippen molar-refractivity contribution >= 4 is 39.3 Å². The normalized spacial score (nSPS) is 12.5. The van der Waals surface area contributed by atoms with Gasteiger partial charge in [-0.1, -0.05) is 95.1 Å². The van der Waals surface area contributed by atoms with Gasteiger partial charge in [0.1, 0.15) is 11.8 Å². The van der Waals surface area contributed by atoms with Gasteiger partial charge in [0.15, 0.2) is 6.61 Å². The number of ether oxygens (including phenoxy) is 1. The molecular formula is C28H30BrClN2O3. The average molecular weight is 558 g/mol. The van der Waals surface area contributed by atoms with Crippen LogP contribution in [0.4, 0.5) is 0 Å². The Hall–Kier alpha value is -2.83. The Morgan fingerprint density at radius 2 is 1.63 bits per heavy atom. The maximum Gasteiger partial charge on any atom is 0.261 e. The lowest BCUT2D eigenvalue weighted by atomic mass is 10.0. The Balaban J connectivity index is 1.90. The number of amides is 2. The highest BCUT2D eigenvalue weighted by Crippen LogP contribution is 2.28. The molecule has 5 nitrogen and oxygen atoms in total. The Bertz CT molecular complexity index is 1110. The Labute approximate surface area is 220 Å². The van der Waals surface area contributed by atoms with Crippen molar-refractivity contribution in [1.29, 1.82) is 0 Å². The molecule has 0 aliphatic heterocycles. The van der Waals surface area contributed by atoms with E-state index in [1.807, 2.05) is 74.5 Å². The second kappa shape index (κ2) is 13.3. The zero-order valence-corrected chi connectivity index (χ0v) is 22.3. The zero-order valence-electron chi connectivity index (χ0n) is 19.9. The number of nitrogens with zero attached hydrogens (tertiary/aromatic N) is 1. The van der Waals surface area contributed by atoms with Crippen LogP contribution >= 0.6 is 27.5 Å². The third-order valence-electron chi connectivity index (χ3n) is 5.71. The zero-order chi connectivity index (χ0) is 25.2. The van der Waals surface area contributed by atoms with Gasteiger partial charge >= 0.3 is 0 Å². The number of carbonyl (C=O) groups is 2. The molecule has 0 aliphatic carbocycles. The first kappa shape index (κ1) is 26.8. The highest BCUT2D eigenvalue weighted by Gasteiger charge is 2.31. The summed E-state index contributed by atoms with van der Waals surface area (Å²) in [7, 11) is 0. The number of nitrogens with one attached hydrogen (secondary N) is 1. The predicted octanol–water partition coefficient (Wildman–Crippen LogP) is 6.04. The number of benzene rings is 3. The Morgan fingerprint density at radius 1 is 1.00 bits per heavy atom. The molecule has 0 heterocycles. The third kappa shape index (κ3) is 8.11. The average Bonchev–Trinajstić information content (AvgIpc) is 2.86. The van der Waals surface area contributed by atoms with E-state index in [2.05, 4.69) is 21.2 Å². The van der Waals surface area contributed by atoms with Crippen LogP contribution in [0.25, 0.3) is 0 Å². The lowest BCUT2D eigenvalue weighted by molar-refractivity contribution is -0.143. The monoisotopic (exact) mass is 556 g/mol. The smallest absolute Gasteiger partial charge is 0.261 e. The van der Waals surface area contributed by atoms with E-state index in [0.29, 0.717) is 17.2 Å². The van der Waals surface area contributed by atoms with Crippen molar-refractivity contribution in [1.82, 2.24) is 10.2 Å². The summed E-state index contributed by atoms with van der Waals surface area (Å²) in [5.41, 5.74) is 1.90. The minimum atomic E-state index is -0.705. The second-order valence-electron chi connectivity index (χ2n) is 8.39. The van der Waals surface area contributed by atoms with Crippen LogP contribution in [0.2, 0.25) is 5.02 Å². The van der Waals surface area contributed by atoms with Gasteiger partial charge in [-0.2, -0.15) is 0 Å². The van der Waals surface area contributed by atoms with Crippen molar-refractivity contribution in [3.8, 4) is 5.75 Å². The number of rotatable bonds is 11. The van der Waals surface area contributed by atoms with Crippen LogP contribution in [0.3, 0.4) is 0 Å². The summed E-state index contributed by atoms with van der Waals surface area (Å²) < 4.78 is 6.60. The number of hydrogen-bond donors (Lipinski definition) is 1. The molecule has 2 unspecified atom stereocenters. The molecule has 0 saturated heterocycles. The van der Waals surface area contributed by atoms with Crippen LogP contribution in [0, 0.1) is 0 Å². The van der Waals surface area contributed by atoms with Crippen molar-refractivity contribution < 1.29 is 14.3 Å². The van der Waals surface area contributed by atoms with E-state index in [9.17, 15) is 9.59 Å². The highest BCUT2D eigenvalue weighted by atomic mass is 79.9. The summed E-state index contributed by atoms with van der Waals surface area (Å²) >= 11 is 9.64. The summed E-state index contributed by atoms with van der Waals surface area (Å²) in [5, 5.41) is 3.46. The molecule has 1 N–H and O–H groups in total. The fourth-order valence-electron chi connectivity index (χ4n) is 3.59. The molecule has 35 heavy (non-hydrogen) atoms. The highest BCUT2D eigenvalue weighted by molar-refractivity contribution is 9.10. The summed E-state index contributed by atoms with van der Waals surface area (Å²) in [6.45, 7) is 4.01. The number of halogens is 2. The summed E-state index contributed by atoms with van der Waals surface area (Å²) in [6.07, 6.45) is 1.18. The standard InChI is InChI=1S/C28H30BrClN2O3/c1-3-20(2)31-28(34)25(16-21-10-6-4-7-11-21)32(18-22-12-8-5-9-13-22)27(33)19-35-26-15-14-23(29)17-24(26)30/h4-15,17,20,25H,3,16,18-19H2,1-2H3,(H,31,34). The molecule has 0 bridgehead atoms. The van der Waals surface area contributed by atoms with Gasteiger partial charge in [-0.3, -0.25) is 9.59 Å². The van der Waals surface area contributed by atoms with Gasteiger partial charge in [-0.15, -0.1) is 0 Å². The SMILES string of the molecule is CCC(C)NC(=O)C(Cc1ccccc1)N(Cc1ccccc1)C(=O)COc1ccc(Br)cc1Cl. The molecule has 3 aromatic rings. The topological polar surface area (TPSA) is 58.6 Å². The summed E-state index contributed by atoms with van der Waals surface area (Å²) in [6, 6.07) is 23.9.